The number of nitrogens with zero attached hydrogens (tertiary/aromatic N) is 2. The van der Waals surface area contributed by atoms with Gasteiger partial charge in [0.15, 0.2) is 5.76 Å². The Morgan fingerprint density at radius 1 is 1.06 bits per heavy atom. The topological polar surface area (TPSA) is 96.6 Å². The molecule has 0 spiro atoms. The van der Waals surface area contributed by atoms with Crippen LogP contribution < -0.4 is 10.7 Å². The molecule has 2 amide bonds. The van der Waals surface area contributed by atoms with Crippen molar-refractivity contribution in [2.75, 3.05) is 5.32 Å². The van der Waals surface area contributed by atoms with Gasteiger partial charge in [0.2, 0.25) is 0 Å². The largest absolute Gasteiger partial charge is 0.460 e. The summed E-state index contributed by atoms with van der Waals surface area (Å²) in [6.45, 7) is 3.23. The zero-order valence-electron chi connectivity index (χ0n) is 17.6. The van der Waals surface area contributed by atoms with Crippen molar-refractivity contribution in [2.45, 2.75) is 51.1 Å². The van der Waals surface area contributed by atoms with Crippen molar-refractivity contribution in [1.82, 2.24) is 10.4 Å². The number of carbonyl (C=O) groups is 2. The first-order valence-electron chi connectivity index (χ1n) is 9.72. The normalized spacial score (nSPS) is 15.7. The Morgan fingerprint density at radius 2 is 1.74 bits per heavy atom. The van der Waals surface area contributed by atoms with Gasteiger partial charge in [0.05, 0.1) is 5.71 Å². The molecular formula is C20H17F7N4O3. The lowest BCUT2D eigenvalue weighted by molar-refractivity contribution is -0.344. The molecule has 1 aliphatic rings. The number of fused-ring (bicyclic) bond motifs is 1. The highest BCUT2D eigenvalue weighted by atomic mass is 19.4. The number of amides is 2. The highest BCUT2D eigenvalue weighted by molar-refractivity contribution is 6.09. The van der Waals surface area contributed by atoms with Gasteiger partial charge in [0.25, 0.3) is 5.91 Å². The third-order valence-corrected chi connectivity index (χ3v) is 5.01. The van der Waals surface area contributed by atoms with Crippen molar-refractivity contribution >= 4 is 23.3 Å². The van der Waals surface area contributed by atoms with E-state index in [-0.39, 0.29) is 40.6 Å². The number of halogens is 7. The van der Waals surface area contributed by atoms with E-state index in [9.17, 15) is 40.3 Å². The summed E-state index contributed by atoms with van der Waals surface area (Å²) in [5, 5.41) is 5.85. The van der Waals surface area contributed by atoms with E-state index < -0.39 is 29.8 Å². The fraction of sp³-hybridized carbons (Fsp3) is 0.400. The SMILES string of the molecule is Cc1ccc(NC(=O)c2oc3c(c2C)/C(=N/NC(=O)C(F)(F)C(F)(F)C(F)(F)F)CCC3)nc1. The first-order chi connectivity index (χ1) is 15.7. The molecule has 0 aromatic carbocycles. The number of hydrogen-bond acceptors (Lipinski definition) is 5. The van der Waals surface area contributed by atoms with E-state index >= 15 is 0 Å². The smallest absolute Gasteiger partial charge is 0.455 e. The van der Waals surface area contributed by atoms with Gasteiger partial charge in [0.1, 0.15) is 11.6 Å². The van der Waals surface area contributed by atoms with Gasteiger partial charge in [-0.15, -0.1) is 0 Å². The minimum absolute atomic E-state index is 0.0511. The van der Waals surface area contributed by atoms with Crippen molar-refractivity contribution in [2.24, 2.45) is 5.10 Å². The van der Waals surface area contributed by atoms with E-state index in [4.69, 9.17) is 4.42 Å². The Labute approximate surface area is 187 Å². The number of aryl methyl sites for hydroxylation is 2. The first-order valence-corrected chi connectivity index (χ1v) is 9.72. The second-order valence-electron chi connectivity index (χ2n) is 7.53. The van der Waals surface area contributed by atoms with Crippen molar-refractivity contribution in [3.8, 4) is 0 Å². The maximum Gasteiger partial charge on any atom is 0.460 e. The van der Waals surface area contributed by atoms with E-state index in [1.54, 1.807) is 19.1 Å². The average molecular weight is 494 g/mol. The average Bonchev–Trinajstić information content (AvgIpc) is 3.10. The molecule has 1 aliphatic carbocycles. The number of pyridine rings is 1. The van der Waals surface area contributed by atoms with Gasteiger partial charge in [-0.2, -0.15) is 35.8 Å². The van der Waals surface area contributed by atoms with Crippen LogP contribution >= 0.6 is 0 Å². The summed E-state index contributed by atoms with van der Waals surface area (Å²) in [4.78, 5) is 28.1. The van der Waals surface area contributed by atoms with E-state index in [1.807, 2.05) is 0 Å². The van der Waals surface area contributed by atoms with Gasteiger partial charge in [0, 0.05) is 23.7 Å². The molecule has 3 rings (SSSR count). The van der Waals surface area contributed by atoms with Crippen LogP contribution in [-0.4, -0.2) is 40.5 Å². The summed E-state index contributed by atoms with van der Waals surface area (Å²) in [7, 11) is 0. The van der Waals surface area contributed by atoms with Crippen LogP contribution in [0.5, 0.6) is 0 Å². The number of carbonyl (C=O) groups excluding carboxylic acids is 2. The Morgan fingerprint density at radius 3 is 2.32 bits per heavy atom. The number of alkyl halides is 7. The number of nitrogens with one attached hydrogen (secondary N) is 2. The third-order valence-electron chi connectivity index (χ3n) is 5.01. The molecule has 0 fully saturated rings. The molecular weight excluding hydrogens is 477 g/mol. The van der Waals surface area contributed by atoms with Crippen LogP contribution in [0.15, 0.2) is 27.8 Å². The Balaban J connectivity index is 1.85. The lowest BCUT2D eigenvalue weighted by Crippen LogP contribution is -2.58. The Kier molecular flexibility index (Phi) is 6.46. The van der Waals surface area contributed by atoms with Gasteiger partial charge < -0.3 is 9.73 Å². The van der Waals surface area contributed by atoms with E-state index in [2.05, 4.69) is 15.4 Å². The summed E-state index contributed by atoms with van der Waals surface area (Å²) >= 11 is 0. The standard InChI is InChI=1S/C20H17F7N4O3/c1-9-6-7-13(28-8-9)29-16(32)15-10(2)14-11(4-3-5-12(14)34-15)30-31-17(33)18(21,22)19(23,24)20(25,26)27/h6-8H,3-5H2,1-2H3,(H,31,33)(H,28,29,32)/b30-11+. The van der Waals surface area contributed by atoms with E-state index in [1.165, 1.54) is 13.1 Å². The monoisotopic (exact) mass is 494 g/mol. The molecule has 0 atom stereocenters. The number of aromatic nitrogens is 1. The molecule has 0 unspecified atom stereocenters. The van der Waals surface area contributed by atoms with Gasteiger partial charge in [-0.05, 0) is 38.3 Å². The lowest BCUT2D eigenvalue weighted by Gasteiger charge is -2.26. The summed E-state index contributed by atoms with van der Waals surface area (Å²) in [5.41, 5.74) is 2.20. The highest BCUT2D eigenvalue weighted by Crippen LogP contribution is 2.46. The van der Waals surface area contributed by atoms with Gasteiger partial charge in [-0.3, -0.25) is 9.59 Å². The van der Waals surface area contributed by atoms with Crippen LogP contribution in [0.25, 0.3) is 0 Å². The number of rotatable bonds is 5. The van der Waals surface area contributed by atoms with Crippen molar-refractivity contribution < 1.29 is 44.7 Å². The predicted molar refractivity (Wildman–Crippen MR) is 104 cm³/mol. The Hall–Kier alpha value is -3.45. The van der Waals surface area contributed by atoms with Crippen LogP contribution in [0.2, 0.25) is 0 Å². The molecule has 0 aliphatic heterocycles. The van der Waals surface area contributed by atoms with E-state index in [0.717, 1.165) is 11.0 Å². The van der Waals surface area contributed by atoms with Crippen molar-refractivity contribution in [3.63, 3.8) is 0 Å². The summed E-state index contributed by atoms with van der Waals surface area (Å²) in [5.74, 6) is -16.1. The summed E-state index contributed by atoms with van der Waals surface area (Å²) in [6.07, 6.45) is -4.46. The molecule has 2 aromatic heterocycles. The highest BCUT2D eigenvalue weighted by Gasteiger charge is 2.76. The summed E-state index contributed by atoms with van der Waals surface area (Å²) < 4.78 is 95.6. The zero-order chi connectivity index (χ0) is 25.5. The lowest BCUT2D eigenvalue weighted by atomic mass is 9.93. The minimum Gasteiger partial charge on any atom is -0.455 e. The third kappa shape index (κ3) is 4.48. The Bertz CT molecular complexity index is 1140. The minimum atomic E-state index is -6.66. The molecule has 34 heavy (non-hydrogen) atoms. The molecule has 7 nitrogen and oxygen atoms in total. The maximum atomic E-state index is 13.5. The van der Waals surface area contributed by atoms with Crippen LogP contribution in [0.3, 0.4) is 0 Å². The van der Waals surface area contributed by atoms with Crippen LogP contribution in [-0.2, 0) is 11.2 Å². The van der Waals surface area contributed by atoms with Crippen LogP contribution in [0.1, 0.15) is 45.8 Å². The van der Waals surface area contributed by atoms with Crippen molar-refractivity contribution in [3.05, 3.63) is 46.5 Å². The van der Waals surface area contributed by atoms with Crippen LogP contribution in [0.4, 0.5) is 36.6 Å². The zero-order valence-corrected chi connectivity index (χ0v) is 17.6. The number of hydrazone groups is 1. The van der Waals surface area contributed by atoms with Crippen LogP contribution in [0, 0.1) is 13.8 Å². The molecule has 0 radical (unpaired) electrons. The molecule has 14 heteroatoms. The molecule has 184 valence electrons. The van der Waals surface area contributed by atoms with Crippen molar-refractivity contribution in [1.29, 1.82) is 0 Å². The summed E-state index contributed by atoms with van der Waals surface area (Å²) in [6, 6.07) is 3.25. The number of anilines is 1. The van der Waals surface area contributed by atoms with Gasteiger partial charge in [-0.25, -0.2) is 10.4 Å². The molecule has 2 aromatic rings. The van der Waals surface area contributed by atoms with E-state index in [0.29, 0.717) is 12.8 Å². The first kappa shape index (κ1) is 25.2. The molecule has 2 heterocycles. The number of hydrogen-bond donors (Lipinski definition) is 2. The quantitative estimate of drug-likeness (QED) is 0.472. The van der Waals surface area contributed by atoms with Gasteiger partial charge >= 0.3 is 23.9 Å². The fourth-order valence-electron chi connectivity index (χ4n) is 3.22. The second kappa shape index (κ2) is 8.72. The molecule has 2 N–H and O–H groups in total. The molecule has 0 saturated carbocycles. The molecule has 0 bridgehead atoms. The van der Waals surface area contributed by atoms with Gasteiger partial charge in [-0.1, -0.05) is 6.07 Å². The second-order valence-corrected chi connectivity index (χ2v) is 7.53. The number of furan rings is 1. The predicted octanol–water partition coefficient (Wildman–Crippen LogP) is 4.53. The maximum absolute atomic E-state index is 13.5. The fourth-order valence-corrected chi connectivity index (χ4v) is 3.22. The molecule has 0 saturated heterocycles.